The summed E-state index contributed by atoms with van der Waals surface area (Å²) in [6.07, 6.45) is -5.94. The number of carbonyl (C=O) groups is 2. The molecule has 2 amide bonds. The van der Waals surface area contributed by atoms with Crippen molar-refractivity contribution in [2.24, 2.45) is 0 Å². The van der Waals surface area contributed by atoms with E-state index < -0.39 is 35.5 Å². The van der Waals surface area contributed by atoms with Crippen molar-refractivity contribution in [3.63, 3.8) is 0 Å². The number of aliphatic hydroxyl groups is 1. The third-order valence-corrected chi connectivity index (χ3v) is 5.31. The fourth-order valence-corrected chi connectivity index (χ4v) is 3.79. The number of aromatic amines is 1. The van der Waals surface area contributed by atoms with Crippen LogP contribution in [-0.4, -0.2) is 34.4 Å². The zero-order chi connectivity index (χ0) is 24.0. The number of hydrogen-bond acceptors (Lipinski definition) is 4. The molecule has 1 saturated heterocycles. The van der Waals surface area contributed by atoms with Crippen LogP contribution in [0.3, 0.4) is 0 Å². The highest BCUT2D eigenvalue weighted by molar-refractivity contribution is 6.30. The number of alkyl carbamates (subject to hydrolysis) is 1. The van der Waals surface area contributed by atoms with Crippen LogP contribution in [0.15, 0.2) is 42.5 Å². The van der Waals surface area contributed by atoms with Gasteiger partial charge in [0, 0.05) is 41.1 Å². The zero-order valence-corrected chi connectivity index (χ0v) is 17.4. The zero-order valence-electron chi connectivity index (χ0n) is 16.7. The van der Waals surface area contributed by atoms with Crippen molar-refractivity contribution in [3.05, 3.63) is 64.6 Å². The molecule has 1 atom stereocenters. The summed E-state index contributed by atoms with van der Waals surface area (Å²) in [6, 6.07) is 8.71. The quantitative estimate of drug-likeness (QED) is 0.379. The molecule has 0 radical (unpaired) electrons. The van der Waals surface area contributed by atoms with Gasteiger partial charge in [-0.25, -0.2) is 9.18 Å². The van der Waals surface area contributed by atoms with Gasteiger partial charge in [-0.05, 0) is 48.0 Å². The average Bonchev–Trinajstić information content (AvgIpc) is 3.27. The molecule has 2 aromatic carbocycles. The Balaban J connectivity index is 1.44. The van der Waals surface area contributed by atoms with Crippen LogP contribution >= 0.6 is 11.6 Å². The van der Waals surface area contributed by atoms with Crippen LogP contribution < -0.4 is 10.2 Å². The van der Waals surface area contributed by atoms with Crippen molar-refractivity contribution >= 4 is 40.2 Å². The molecule has 3 aromatic rings. The summed E-state index contributed by atoms with van der Waals surface area (Å²) in [5.74, 6) is -4.01. The monoisotopic (exact) mass is 485 g/mol. The highest BCUT2D eigenvalue weighted by Gasteiger charge is 2.49. The van der Waals surface area contributed by atoms with Crippen LogP contribution in [0.1, 0.15) is 17.7 Å². The number of nitrogens with one attached hydrogen (secondary N) is 2. The molecule has 0 bridgehead atoms. The third kappa shape index (κ3) is 4.74. The van der Waals surface area contributed by atoms with E-state index in [4.69, 9.17) is 16.3 Å². The Morgan fingerprint density at radius 2 is 2.00 bits per heavy atom. The first-order valence-electron chi connectivity index (χ1n) is 9.61. The molecule has 0 unspecified atom stereocenters. The fourth-order valence-electron chi connectivity index (χ4n) is 3.54. The molecule has 3 N–H and O–H groups in total. The maximum atomic E-state index is 13.4. The van der Waals surface area contributed by atoms with E-state index in [0.29, 0.717) is 5.56 Å². The maximum absolute atomic E-state index is 13.4. The number of benzene rings is 2. The van der Waals surface area contributed by atoms with Gasteiger partial charge in [0.2, 0.25) is 0 Å². The number of anilines is 1. The number of rotatable bonds is 4. The van der Waals surface area contributed by atoms with E-state index in [2.05, 4.69) is 10.3 Å². The van der Waals surface area contributed by atoms with Crippen molar-refractivity contribution in [2.45, 2.75) is 24.9 Å². The number of nitrogens with zero attached hydrogens (tertiary/aromatic N) is 1. The van der Waals surface area contributed by atoms with Gasteiger partial charge in [-0.3, -0.25) is 4.79 Å². The first-order chi connectivity index (χ1) is 15.4. The minimum Gasteiger partial charge on any atom is -0.407 e. The van der Waals surface area contributed by atoms with Crippen molar-refractivity contribution in [2.75, 3.05) is 11.4 Å². The second-order valence-electron chi connectivity index (χ2n) is 7.46. The number of H-pyrrole nitrogens is 1. The molecule has 174 valence electrons. The number of ether oxygens (including phenoxy) is 1. The van der Waals surface area contributed by atoms with Gasteiger partial charge in [-0.1, -0.05) is 11.6 Å². The smallest absolute Gasteiger partial charge is 0.407 e. The number of hydrogen-bond donors (Lipinski definition) is 3. The molecular weight excluding hydrogens is 470 g/mol. The molecule has 1 aliphatic heterocycles. The van der Waals surface area contributed by atoms with Gasteiger partial charge >= 0.3 is 12.3 Å². The molecule has 12 heteroatoms. The van der Waals surface area contributed by atoms with Gasteiger partial charge < -0.3 is 25.0 Å². The first-order valence-corrected chi connectivity index (χ1v) is 9.98. The minimum atomic E-state index is -4.55. The Labute approximate surface area is 188 Å². The second-order valence-corrected chi connectivity index (χ2v) is 7.90. The number of aromatic nitrogens is 1. The van der Waals surface area contributed by atoms with Gasteiger partial charge in [0.05, 0.1) is 0 Å². The lowest BCUT2D eigenvalue weighted by Gasteiger charge is -2.22. The molecule has 1 aromatic heterocycles. The Kier molecular flexibility index (Phi) is 5.71. The topological polar surface area (TPSA) is 94.7 Å². The summed E-state index contributed by atoms with van der Waals surface area (Å²) >= 11 is 5.75. The van der Waals surface area contributed by atoms with Gasteiger partial charge in [-0.2, -0.15) is 13.2 Å². The van der Waals surface area contributed by atoms with E-state index >= 15 is 0 Å². The molecule has 0 saturated carbocycles. The summed E-state index contributed by atoms with van der Waals surface area (Å²) in [7, 11) is 0. The normalized spacial score (nSPS) is 18.7. The van der Waals surface area contributed by atoms with E-state index in [-0.39, 0.29) is 41.1 Å². The Morgan fingerprint density at radius 1 is 1.24 bits per heavy atom. The highest BCUT2D eigenvalue weighted by Crippen LogP contribution is 2.34. The number of carbonyl (C=O) groups excluding carboxylic acids is 2. The van der Waals surface area contributed by atoms with E-state index in [0.717, 1.165) is 23.1 Å². The third-order valence-electron chi connectivity index (χ3n) is 5.10. The van der Waals surface area contributed by atoms with Crippen LogP contribution in [0.5, 0.6) is 0 Å². The lowest BCUT2D eigenvalue weighted by atomic mass is 10.2. The molecule has 2 heterocycles. The molecule has 1 fully saturated rings. The van der Waals surface area contributed by atoms with Gasteiger partial charge in [0.15, 0.2) is 0 Å². The summed E-state index contributed by atoms with van der Waals surface area (Å²) in [4.78, 5) is 28.2. The second kappa shape index (κ2) is 8.23. The number of alkyl halides is 3. The van der Waals surface area contributed by atoms with E-state index in [9.17, 15) is 32.3 Å². The Bertz CT molecular complexity index is 1230. The maximum Gasteiger partial charge on any atom is 0.431 e. The largest absolute Gasteiger partial charge is 0.431 e. The van der Waals surface area contributed by atoms with Crippen LogP contribution in [0.2, 0.25) is 5.02 Å². The molecule has 0 aliphatic carbocycles. The molecule has 0 spiro atoms. The van der Waals surface area contributed by atoms with E-state index in [1.807, 2.05) is 0 Å². The average molecular weight is 486 g/mol. The predicted molar refractivity (Wildman–Crippen MR) is 110 cm³/mol. The van der Waals surface area contributed by atoms with Crippen molar-refractivity contribution in [3.8, 4) is 0 Å². The Hall–Kier alpha value is -3.31. The highest BCUT2D eigenvalue weighted by atomic mass is 35.5. The standard InChI is InChI=1S/C21H16ClF4N3O4/c22-13-5-11(6-14(23)9-13)10-27-19(31)33-20(32)3-4-29(18(20)30)15-1-2-16-12(7-15)8-17(28-16)21(24,25)26/h1-2,5-9,28,32H,3-4,10H2,(H,27,31)/t20-/m0/s1. The fraction of sp³-hybridized carbons (Fsp3) is 0.238. The number of halogens is 5. The van der Waals surface area contributed by atoms with E-state index in [1.165, 1.54) is 24.3 Å². The summed E-state index contributed by atoms with van der Waals surface area (Å²) in [5.41, 5.74) is -0.143. The molecule has 33 heavy (non-hydrogen) atoms. The SMILES string of the molecule is O=C(NCc1cc(F)cc(Cl)c1)O[C@@]1(O)CCN(c2ccc3[nH]c(C(F)(F)F)cc3c2)C1=O. The minimum absolute atomic E-state index is 0.0375. The molecule has 1 aliphatic rings. The summed E-state index contributed by atoms with van der Waals surface area (Å²) in [6.45, 7) is -0.208. The van der Waals surface area contributed by atoms with Crippen LogP contribution in [0.25, 0.3) is 10.9 Å². The summed E-state index contributed by atoms with van der Waals surface area (Å²) < 4.78 is 57.0. The van der Waals surface area contributed by atoms with Crippen molar-refractivity contribution < 1.29 is 37.0 Å². The molecule has 4 rings (SSSR count). The predicted octanol–water partition coefficient (Wildman–Crippen LogP) is 4.33. The van der Waals surface area contributed by atoms with Crippen molar-refractivity contribution in [1.82, 2.24) is 10.3 Å². The van der Waals surface area contributed by atoms with Crippen LogP contribution in [0, 0.1) is 5.82 Å². The lowest BCUT2D eigenvalue weighted by Crippen LogP contribution is -2.46. The van der Waals surface area contributed by atoms with E-state index in [1.54, 1.807) is 0 Å². The first kappa shape index (κ1) is 22.9. The molecule has 7 nitrogen and oxygen atoms in total. The van der Waals surface area contributed by atoms with Crippen molar-refractivity contribution in [1.29, 1.82) is 0 Å². The summed E-state index contributed by atoms with van der Waals surface area (Å²) in [5, 5.41) is 13.2. The van der Waals surface area contributed by atoms with Gasteiger partial charge in [0.1, 0.15) is 11.5 Å². The Morgan fingerprint density at radius 3 is 2.70 bits per heavy atom. The molecular formula is C21H16ClF4N3O4. The van der Waals surface area contributed by atoms with Crippen LogP contribution in [-0.2, 0) is 22.3 Å². The van der Waals surface area contributed by atoms with Gasteiger partial charge in [0.25, 0.3) is 11.7 Å². The number of fused-ring (bicyclic) bond motifs is 1. The lowest BCUT2D eigenvalue weighted by molar-refractivity contribution is -0.175. The number of amides is 2. The van der Waals surface area contributed by atoms with Gasteiger partial charge in [-0.15, -0.1) is 0 Å². The van der Waals surface area contributed by atoms with Crippen LogP contribution in [0.4, 0.5) is 28.0 Å².